The molecule has 124 valence electrons. The first-order chi connectivity index (χ1) is 10.2. The van der Waals surface area contributed by atoms with E-state index in [1.54, 1.807) is 12.1 Å². The van der Waals surface area contributed by atoms with Gasteiger partial charge in [-0.1, -0.05) is 12.8 Å². The molecule has 1 aromatic heterocycles. The lowest BCUT2D eigenvalue weighted by Gasteiger charge is -2.32. The molecule has 1 aliphatic carbocycles. The molecule has 3 atom stereocenters. The Hall–Kier alpha value is -1.50. The Morgan fingerprint density at radius 3 is 2.68 bits per heavy atom. The van der Waals surface area contributed by atoms with Crippen molar-refractivity contribution in [2.75, 3.05) is 6.54 Å². The van der Waals surface area contributed by atoms with Crippen LogP contribution in [0.4, 0.5) is 13.2 Å². The average molecular weight is 319 g/mol. The van der Waals surface area contributed by atoms with Crippen LogP contribution in [0.3, 0.4) is 0 Å². The Morgan fingerprint density at radius 2 is 2.09 bits per heavy atom. The fourth-order valence-corrected chi connectivity index (χ4v) is 2.90. The number of hydrogen-bond donors (Lipinski definition) is 2. The molecule has 0 bridgehead atoms. The number of alkyl halides is 3. The van der Waals surface area contributed by atoms with Gasteiger partial charge in [-0.25, -0.2) is 0 Å². The second-order valence-corrected chi connectivity index (χ2v) is 6.01. The molecule has 0 radical (unpaired) electrons. The van der Waals surface area contributed by atoms with E-state index in [0.717, 1.165) is 0 Å². The van der Waals surface area contributed by atoms with Crippen LogP contribution in [0.1, 0.15) is 38.4 Å². The Labute approximate surface area is 126 Å². The minimum atomic E-state index is -4.37. The summed E-state index contributed by atoms with van der Waals surface area (Å²) in [5.41, 5.74) is -1.46. The lowest BCUT2D eigenvalue weighted by atomic mass is 9.78. The standard InChI is InChI=1S/C15H20F3NO3/c1-14(21,12-7-4-8-22-12)9-19-13(20)10-5-2-3-6-11(10)15(16,17)18/h4,7-8,10-11,21H,2-3,5-6,9H2,1H3,(H,19,20). The number of rotatable bonds is 4. The summed E-state index contributed by atoms with van der Waals surface area (Å²) in [6, 6.07) is 3.14. The van der Waals surface area contributed by atoms with Crippen molar-refractivity contribution in [1.82, 2.24) is 5.32 Å². The van der Waals surface area contributed by atoms with E-state index < -0.39 is 29.5 Å². The smallest absolute Gasteiger partial charge is 0.392 e. The summed E-state index contributed by atoms with van der Waals surface area (Å²) in [5, 5.41) is 12.7. The van der Waals surface area contributed by atoms with E-state index in [-0.39, 0.29) is 25.1 Å². The zero-order valence-corrected chi connectivity index (χ0v) is 12.3. The molecule has 0 spiro atoms. The number of carbonyl (C=O) groups is 1. The first-order valence-electron chi connectivity index (χ1n) is 7.32. The molecule has 1 aliphatic rings. The van der Waals surface area contributed by atoms with Crippen molar-refractivity contribution in [2.24, 2.45) is 11.8 Å². The number of nitrogens with one attached hydrogen (secondary N) is 1. The molecule has 7 heteroatoms. The van der Waals surface area contributed by atoms with Gasteiger partial charge in [0.05, 0.1) is 18.7 Å². The molecule has 1 aromatic rings. The summed E-state index contributed by atoms with van der Waals surface area (Å²) in [4.78, 5) is 12.1. The Morgan fingerprint density at radius 1 is 1.41 bits per heavy atom. The SMILES string of the molecule is CC(O)(CNC(=O)C1CCCCC1C(F)(F)F)c1ccco1. The second kappa shape index (κ2) is 6.32. The molecule has 0 aliphatic heterocycles. The van der Waals surface area contributed by atoms with Crippen LogP contribution >= 0.6 is 0 Å². The molecule has 3 unspecified atom stereocenters. The molecule has 1 heterocycles. The van der Waals surface area contributed by atoms with E-state index in [9.17, 15) is 23.1 Å². The van der Waals surface area contributed by atoms with E-state index in [1.165, 1.54) is 13.2 Å². The number of furan rings is 1. The molecule has 1 amide bonds. The highest BCUT2D eigenvalue weighted by Gasteiger charge is 2.48. The van der Waals surface area contributed by atoms with Crippen LogP contribution < -0.4 is 5.32 Å². The highest BCUT2D eigenvalue weighted by Crippen LogP contribution is 2.41. The zero-order chi connectivity index (χ0) is 16.4. The molecule has 2 N–H and O–H groups in total. The van der Waals surface area contributed by atoms with Crippen molar-refractivity contribution < 1.29 is 27.5 Å². The van der Waals surface area contributed by atoms with Crippen LogP contribution in [0, 0.1) is 11.8 Å². The van der Waals surface area contributed by atoms with Gasteiger partial charge >= 0.3 is 6.18 Å². The summed E-state index contributed by atoms with van der Waals surface area (Å²) in [5.74, 6) is -3.09. The van der Waals surface area contributed by atoms with E-state index in [4.69, 9.17) is 4.42 Å². The van der Waals surface area contributed by atoms with Gasteiger partial charge in [-0.15, -0.1) is 0 Å². The minimum Gasteiger partial charge on any atom is -0.466 e. The monoisotopic (exact) mass is 319 g/mol. The molecule has 0 aromatic carbocycles. The molecule has 0 saturated heterocycles. The lowest BCUT2D eigenvalue weighted by molar-refractivity contribution is -0.198. The van der Waals surface area contributed by atoms with Crippen LogP contribution in [-0.4, -0.2) is 23.7 Å². The first-order valence-corrected chi connectivity index (χ1v) is 7.32. The Kier molecular flexibility index (Phi) is 4.84. The number of hydrogen-bond acceptors (Lipinski definition) is 3. The van der Waals surface area contributed by atoms with Gasteiger partial charge in [-0.2, -0.15) is 13.2 Å². The second-order valence-electron chi connectivity index (χ2n) is 6.01. The van der Waals surface area contributed by atoms with Crippen molar-refractivity contribution in [3.05, 3.63) is 24.2 Å². The fourth-order valence-electron chi connectivity index (χ4n) is 2.90. The number of aliphatic hydroxyl groups is 1. The third kappa shape index (κ3) is 3.82. The van der Waals surface area contributed by atoms with Gasteiger partial charge in [0.15, 0.2) is 0 Å². The summed E-state index contributed by atoms with van der Waals surface area (Å²) < 4.78 is 44.1. The fraction of sp³-hybridized carbons (Fsp3) is 0.667. The number of halogens is 3. The third-order valence-electron chi connectivity index (χ3n) is 4.18. The molecule has 2 rings (SSSR count). The van der Waals surface area contributed by atoms with Crippen LogP contribution in [0.5, 0.6) is 0 Å². The molecule has 22 heavy (non-hydrogen) atoms. The van der Waals surface area contributed by atoms with Crippen LogP contribution in [-0.2, 0) is 10.4 Å². The maximum absolute atomic E-state index is 13.0. The molecule has 1 fully saturated rings. The van der Waals surface area contributed by atoms with Crippen LogP contribution in [0.15, 0.2) is 22.8 Å². The van der Waals surface area contributed by atoms with Crippen molar-refractivity contribution in [3.63, 3.8) is 0 Å². The van der Waals surface area contributed by atoms with Crippen molar-refractivity contribution in [2.45, 2.75) is 44.4 Å². The van der Waals surface area contributed by atoms with Crippen molar-refractivity contribution in [1.29, 1.82) is 0 Å². The largest absolute Gasteiger partial charge is 0.466 e. The predicted molar refractivity (Wildman–Crippen MR) is 72.8 cm³/mol. The van der Waals surface area contributed by atoms with Crippen LogP contribution in [0.2, 0.25) is 0 Å². The highest BCUT2D eigenvalue weighted by molar-refractivity contribution is 5.79. The van der Waals surface area contributed by atoms with Crippen molar-refractivity contribution >= 4 is 5.91 Å². The van der Waals surface area contributed by atoms with Gasteiger partial charge in [-0.3, -0.25) is 4.79 Å². The maximum Gasteiger partial charge on any atom is 0.392 e. The number of amides is 1. The van der Waals surface area contributed by atoms with E-state index in [2.05, 4.69) is 5.32 Å². The van der Waals surface area contributed by atoms with Gasteiger partial charge in [0.2, 0.25) is 5.91 Å². The number of carbonyl (C=O) groups excluding carboxylic acids is 1. The molecular formula is C15H20F3NO3. The van der Waals surface area contributed by atoms with Crippen molar-refractivity contribution in [3.8, 4) is 0 Å². The average Bonchev–Trinajstić information content (AvgIpc) is 2.99. The maximum atomic E-state index is 13.0. The van der Waals surface area contributed by atoms with Crippen LogP contribution in [0.25, 0.3) is 0 Å². The minimum absolute atomic E-state index is 0.0177. The third-order valence-corrected chi connectivity index (χ3v) is 4.18. The van der Waals surface area contributed by atoms with E-state index in [0.29, 0.717) is 12.8 Å². The molecule has 4 nitrogen and oxygen atoms in total. The highest BCUT2D eigenvalue weighted by atomic mass is 19.4. The van der Waals surface area contributed by atoms with Gasteiger partial charge in [0.1, 0.15) is 11.4 Å². The summed E-state index contributed by atoms with van der Waals surface area (Å²) in [7, 11) is 0. The Balaban J connectivity index is 1.99. The lowest BCUT2D eigenvalue weighted by Crippen LogP contribution is -2.46. The summed E-state index contributed by atoms with van der Waals surface area (Å²) in [6.07, 6.45) is -1.69. The molecule has 1 saturated carbocycles. The van der Waals surface area contributed by atoms with Gasteiger partial charge in [0, 0.05) is 5.92 Å². The Bertz CT molecular complexity index is 497. The van der Waals surface area contributed by atoms with Gasteiger partial charge < -0.3 is 14.8 Å². The van der Waals surface area contributed by atoms with E-state index in [1.807, 2.05) is 0 Å². The summed E-state index contributed by atoms with van der Waals surface area (Å²) >= 11 is 0. The predicted octanol–water partition coefficient (Wildman–Crippen LogP) is 2.97. The first kappa shape index (κ1) is 16.9. The zero-order valence-electron chi connectivity index (χ0n) is 12.3. The van der Waals surface area contributed by atoms with E-state index >= 15 is 0 Å². The normalized spacial score (nSPS) is 25.5. The quantitative estimate of drug-likeness (QED) is 0.897. The summed E-state index contributed by atoms with van der Waals surface area (Å²) in [6.45, 7) is 1.24. The van der Waals surface area contributed by atoms with Gasteiger partial charge in [-0.05, 0) is 31.9 Å². The molecular weight excluding hydrogens is 299 g/mol. The topological polar surface area (TPSA) is 62.5 Å². The van der Waals surface area contributed by atoms with Gasteiger partial charge in [0.25, 0.3) is 0 Å².